The summed E-state index contributed by atoms with van der Waals surface area (Å²) in [5.74, 6) is 0.651. The molecule has 17 heavy (non-hydrogen) atoms. The van der Waals surface area contributed by atoms with Crippen molar-refractivity contribution in [1.82, 2.24) is 5.32 Å². The molecule has 0 amide bonds. The Bertz CT molecular complexity index is 358. The fraction of sp³-hybridized carbons (Fsp3) is 0.500. The van der Waals surface area contributed by atoms with Crippen LogP contribution in [0.25, 0.3) is 0 Å². The topological polar surface area (TPSA) is 50.7 Å². The highest BCUT2D eigenvalue weighted by atomic mass is 79.9. The molecule has 0 saturated carbocycles. The first-order valence-corrected chi connectivity index (χ1v) is 6.32. The number of methoxy groups -OCH3 is 1. The molecule has 0 bridgehead atoms. The Balaban J connectivity index is 2.66. The van der Waals surface area contributed by atoms with Crippen molar-refractivity contribution < 1.29 is 14.6 Å². The summed E-state index contributed by atoms with van der Waals surface area (Å²) in [6.07, 6.45) is 0. The number of phenolic OH excluding ortho intramolecular Hbond substituents is 1. The van der Waals surface area contributed by atoms with Gasteiger partial charge in [-0.3, -0.25) is 0 Å². The minimum Gasteiger partial charge on any atom is -0.503 e. The first kappa shape index (κ1) is 14.3. The van der Waals surface area contributed by atoms with Gasteiger partial charge in [-0.2, -0.15) is 0 Å². The second kappa shape index (κ2) is 7.53. The molecule has 0 heterocycles. The van der Waals surface area contributed by atoms with Crippen LogP contribution in [0.2, 0.25) is 0 Å². The van der Waals surface area contributed by atoms with Crippen molar-refractivity contribution in [3.05, 3.63) is 22.2 Å². The van der Waals surface area contributed by atoms with Gasteiger partial charge in [-0.1, -0.05) is 0 Å². The third-order valence-corrected chi connectivity index (χ3v) is 2.80. The monoisotopic (exact) mass is 303 g/mol. The standard InChI is InChI=1S/C12H18BrNO3/c1-3-17-11-7-9(6-10(13)12(11)15)8-14-4-5-16-2/h6-7,14-15H,3-5,8H2,1-2H3. The Morgan fingerprint density at radius 1 is 1.41 bits per heavy atom. The van der Waals surface area contributed by atoms with E-state index in [0.29, 0.717) is 30.0 Å². The maximum atomic E-state index is 9.75. The Morgan fingerprint density at radius 3 is 2.82 bits per heavy atom. The maximum absolute atomic E-state index is 9.75. The van der Waals surface area contributed by atoms with Gasteiger partial charge in [0.1, 0.15) is 0 Å². The Labute approximate surface area is 110 Å². The zero-order valence-corrected chi connectivity index (χ0v) is 11.7. The number of aromatic hydroxyl groups is 1. The summed E-state index contributed by atoms with van der Waals surface area (Å²) in [6.45, 7) is 4.59. The van der Waals surface area contributed by atoms with Gasteiger partial charge in [0.2, 0.25) is 0 Å². The van der Waals surface area contributed by atoms with Crippen LogP contribution in [-0.2, 0) is 11.3 Å². The van der Waals surface area contributed by atoms with E-state index >= 15 is 0 Å². The lowest BCUT2D eigenvalue weighted by Crippen LogP contribution is -2.18. The molecule has 1 aromatic rings. The molecular weight excluding hydrogens is 286 g/mol. The van der Waals surface area contributed by atoms with E-state index in [9.17, 15) is 5.11 Å². The lowest BCUT2D eigenvalue weighted by Gasteiger charge is -2.11. The van der Waals surface area contributed by atoms with Gasteiger partial charge in [0.15, 0.2) is 11.5 Å². The zero-order chi connectivity index (χ0) is 12.7. The minimum atomic E-state index is 0.146. The number of halogens is 1. The van der Waals surface area contributed by atoms with Crippen molar-refractivity contribution in [1.29, 1.82) is 0 Å². The summed E-state index contributed by atoms with van der Waals surface area (Å²) < 4.78 is 10.9. The summed E-state index contributed by atoms with van der Waals surface area (Å²) >= 11 is 3.31. The van der Waals surface area contributed by atoms with Crippen molar-refractivity contribution in [2.24, 2.45) is 0 Å². The molecule has 1 aromatic carbocycles. The molecule has 0 unspecified atom stereocenters. The molecule has 5 heteroatoms. The number of nitrogens with one attached hydrogen (secondary N) is 1. The van der Waals surface area contributed by atoms with Gasteiger partial charge in [0, 0.05) is 20.2 Å². The number of hydrogen-bond donors (Lipinski definition) is 2. The largest absolute Gasteiger partial charge is 0.503 e. The van der Waals surface area contributed by atoms with Gasteiger partial charge in [0.05, 0.1) is 17.7 Å². The predicted molar refractivity (Wildman–Crippen MR) is 70.6 cm³/mol. The van der Waals surface area contributed by atoms with E-state index in [1.54, 1.807) is 7.11 Å². The second-order valence-corrected chi connectivity index (χ2v) is 4.38. The van der Waals surface area contributed by atoms with Crippen molar-refractivity contribution in [2.45, 2.75) is 13.5 Å². The average Bonchev–Trinajstić information content (AvgIpc) is 2.31. The molecule has 0 radical (unpaired) electrons. The van der Waals surface area contributed by atoms with Crippen molar-refractivity contribution in [3.63, 3.8) is 0 Å². The summed E-state index contributed by atoms with van der Waals surface area (Å²) in [6, 6.07) is 3.71. The molecule has 0 spiro atoms. The first-order valence-electron chi connectivity index (χ1n) is 5.52. The van der Waals surface area contributed by atoms with Gasteiger partial charge < -0.3 is 19.9 Å². The van der Waals surface area contributed by atoms with E-state index < -0.39 is 0 Å². The molecule has 0 aliphatic heterocycles. The summed E-state index contributed by atoms with van der Waals surface area (Å²) in [5.41, 5.74) is 1.05. The summed E-state index contributed by atoms with van der Waals surface area (Å²) in [5, 5.41) is 13.0. The lowest BCUT2D eigenvalue weighted by atomic mass is 10.2. The highest BCUT2D eigenvalue weighted by Gasteiger charge is 2.08. The maximum Gasteiger partial charge on any atom is 0.172 e. The van der Waals surface area contributed by atoms with E-state index in [4.69, 9.17) is 9.47 Å². The normalized spacial score (nSPS) is 10.5. The van der Waals surface area contributed by atoms with Crippen LogP contribution in [0, 0.1) is 0 Å². The Kier molecular flexibility index (Phi) is 6.32. The van der Waals surface area contributed by atoms with Crippen LogP contribution in [0.4, 0.5) is 0 Å². The summed E-state index contributed by atoms with van der Waals surface area (Å²) in [4.78, 5) is 0. The number of phenols is 1. The van der Waals surface area contributed by atoms with Gasteiger partial charge in [-0.15, -0.1) is 0 Å². The van der Waals surface area contributed by atoms with Crippen LogP contribution in [0.15, 0.2) is 16.6 Å². The number of ether oxygens (including phenoxy) is 2. The molecule has 0 atom stereocenters. The van der Waals surface area contributed by atoms with Crippen molar-refractivity contribution in [3.8, 4) is 11.5 Å². The third kappa shape index (κ3) is 4.53. The summed E-state index contributed by atoms with van der Waals surface area (Å²) in [7, 11) is 1.67. The molecule has 0 aliphatic carbocycles. The molecule has 2 N–H and O–H groups in total. The fourth-order valence-electron chi connectivity index (χ4n) is 1.40. The second-order valence-electron chi connectivity index (χ2n) is 3.53. The van der Waals surface area contributed by atoms with Crippen LogP contribution in [0.3, 0.4) is 0 Å². The molecule has 0 aromatic heterocycles. The predicted octanol–water partition coefficient (Wildman–Crippen LogP) is 2.29. The zero-order valence-electron chi connectivity index (χ0n) is 10.1. The smallest absolute Gasteiger partial charge is 0.172 e. The average molecular weight is 304 g/mol. The van der Waals surface area contributed by atoms with Crippen molar-refractivity contribution in [2.75, 3.05) is 26.9 Å². The number of rotatable bonds is 7. The van der Waals surface area contributed by atoms with Gasteiger partial charge >= 0.3 is 0 Å². The van der Waals surface area contributed by atoms with Gasteiger partial charge in [-0.25, -0.2) is 0 Å². The van der Waals surface area contributed by atoms with Crippen LogP contribution in [0.1, 0.15) is 12.5 Å². The van der Waals surface area contributed by atoms with Gasteiger partial charge in [0.25, 0.3) is 0 Å². The third-order valence-electron chi connectivity index (χ3n) is 2.20. The van der Waals surface area contributed by atoms with E-state index in [0.717, 1.165) is 12.1 Å². The van der Waals surface area contributed by atoms with Crippen LogP contribution < -0.4 is 10.1 Å². The minimum absolute atomic E-state index is 0.146. The van der Waals surface area contributed by atoms with Crippen LogP contribution in [-0.4, -0.2) is 32.0 Å². The SMILES string of the molecule is CCOc1cc(CNCCOC)cc(Br)c1O. The van der Waals surface area contributed by atoms with Crippen LogP contribution >= 0.6 is 15.9 Å². The molecule has 0 saturated heterocycles. The number of hydrogen-bond acceptors (Lipinski definition) is 4. The van der Waals surface area contributed by atoms with E-state index in [2.05, 4.69) is 21.2 Å². The molecule has 0 fully saturated rings. The first-order chi connectivity index (χ1) is 8.19. The molecular formula is C12H18BrNO3. The lowest BCUT2D eigenvalue weighted by molar-refractivity contribution is 0.199. The number of benzene rings is 1. The highest BCUT2D eigenvalue weighted by Crippen LogP contribution is 2.35. The van der Waals surface area contributed by atoms with E-state index in [1.807, 2.05) is 19.1 Å². The highest BCUT2D eigenvalue weighted by molar-refractivity contribution is 9.10. The van der Waals surface area contributed by atoms with Crippen LogP contribution in [0.5, 0.6) is 11.5 Å². The Morgan fingerprint density at radius 2 is 2.18 bits per heavy atom. The van der Waals surface area contributed by atoms with Crippen molar-refractivity contribution >= 4 is 15.9 Å². The van der Waals surface area contributed by atoms with Gasteiger partial charge in [-0.05, 0) is 40.5 Å². The quantitative estimate of drug-likeness (QED) is 0.759. The van der Waals surface area contributed by atoms with E-state index in [-0.39, 0.29) is 5.75 Å². The molecule has 0 aliphatic rings. The molecule has 96 valence electrons. The molecule has 4 nitrogen and oxygen atoms in total. The Hall–Kier alpha value is -0.780. The molecule has 1 rings (SSSR count). The van der Waals surface area contributed by atoms with E-state index in [1.165, 1.54) is 0 Å². The fourth-order valence-corrected chi connectivity index (χ4v) is 1.89.